The van der Waals surface area contributed by atoms with Crippen LogP contribution in [0.25, 0.3) is 0 Å². The SMILES string of the molecule is COc1ccc(C2CCCN2C(=S)Nc2c(C)cc(C)cc2C)cc1OC. The van der Waals surface area contributed by atoms with Crippen LogP contribution in [0.4, 0.5) is 5.69 Å². The Morgan fingerprint density at radius 3 is 2.33 bits per heavy atom. The molecule has 5 heteroatoms. The fourth-order valence-electron chi connectivity index (χ4n) is 3.97. The number of hydrogen-bond donors (Lipinski definition) is 1. The third-order valence-electron chi connectivity index (χ3n) is 5.21. The second-order valence-electron chi connectivity index (χ2n) is 7.17. The zero-order valence-corrected chi connectivity index (χ0v) is 17.6. The summed E-state index contributed by atoms with van der Waals surface area (Å²) < 4.78 is 10.8. The van der Waals surface area contributed by atoms with Crippen LogP contribution in [0.3, 0.4) is 0 Å². The number of ether oxygens (including phenoxy) is 2. The van der Waals surface area contributed by atoms with E-state index >= 15 is 0 Å². The van der Waals surface area contributed by atoms with Gasteiger partial charge in [0.25, 0.3) is 0 Å². The average Bonchev–Trinajstić information content (AvgIpc) is 3.13. The number of benzene rings is 2. The smallest absolute Gasteiger partial charge is 0.173 e. The fraction of sp³-hybridized carbons (Fsp3) is 0.409. The number of likely N-dealkylation sites (tertiary alicyclic amines) is 1. The first-order valence-corrected chi connectivity index (χ1v) is 9.72. The van der Waals surface area contributed by atoms with Crippen molar-refractivity contribution in [3.63, 3.8) is 0 Å². The van der Waals surface area contributed by atoms with E-state index in [1.165, 1.54) is 22.3 Å². The van der Waals surface area contributed by atoms with Crippen molar-refractivity contribution in [3.05, 3.63) is 52.6 Å². The number of nitrogens with one attached hydrogen (secondary N) is 1. The largest absolute Gasteiger partial charge is 0.493 e. The van der Waals surface area contributed by atoms with Gasteiger partial charge in [0.2, 0.25) is 0 Å². The molecule has 3 rings (SSSR count). The first kappa shape index (κ1) is 19.5. The topological polar surface area (TPSA) is 33.7 Å². The van der Waals surface area contributed by atoms with Crippen molar-refractivity contribution in [3.8, 4) is 11.5 Å². The molecule has 27 heavy (non-hydrogen) atoms. The van der Waals surface area contributed by atoms with Gasteiger partial charge in [-0.1, -0.05) is 23.8 Å². The highest BCUT2D eigenvalue weighted by molar-refractivity contribution is 7.80. The van der Waals surface area contributed by atoms with E-state index in [4.69, 9.17) is 21.7 Å². The van der Waals surface area contributed by atoms with E-state index in [1.807, 2.05) is 6.07 Å². The van der Waals surface area contributed by atoms with E-state index in [9.17, 15) is 0 Å². The number of thiocarbonyl (C=S) groups is 1. The van der Waals surface area contributed by atoms with Crippen molar-refractivity contribution in [2.24, 2.45) is 0 Å². The van der Waals surface area contributed by atoms with E-state index in [2.05, 4.69) is 55.3 Å². The van der Waals surface area contributed by atoms with Crippen LogP contribution < -0.4 is 14.8 Å². The first-order valence-electron chi connectivity index (χ1n) is 9.32. The van der Waals surface area contributed by atoms with E-state index < -0.39 is 0 Å². The fourth-order valence-corrected chi connectivity index (χ4v) is 4.29. The maximum absolute atomic E-state index is 5.79. The van der Waals surface area contributed by atoms with Gasteiger partial charge in [-0.25, -0.2) is 0 Å². The summed E-state index contributed by atoms with van der Waals surface area (Å²) in [5, 5.41) is 4.28. The quantitative estimate of drug-likeness (QED) is 0.736. The van der Waals surface area contributed by atoms with Crippen LogP contribution in [0.1, 0.15) is 41.1 Å². The molecule has 1 heterocycles. The van der Waals surface area contributed by atoms with Gasteiger partial charge in [0.15, 0.2) is 16.6 Å². The maximum Gasteiger partial charge on any atom is 0.173 e. The number of aryl methyl sites for hydroxylation is 3. The minimum Gasteiger partial charge on any atom is -0.493 e. The van der Waals surface area contributed by atoms with Gasteiger partial charge in [-0.3, -0.25) is 0 Å². The second kappa shape index (κ2) is 8.17. The van der Waals surface area contributed by atoms with Gasteiger partial charge in [-0.05, 0) is 74.7 Å². The summed E-state index contributed by atoms with van der Waals surface area (Å²) in [6.07, 6.45) is 2.19. The lowest BCUT2D eigenvalue weighted by Gasteiger charge is -2.29. The summed E-state index contributed by atoms with van der Waals surface area (Å²) in [6, 6.07) is 10.8. The normalized spacial score (nSPS) is 16.3. The number of anilines is 1. The molecule has 0 radical (unpaired) electrons. The van der Waals surface area contributed by atoms with Crippen molar-refractivity contribution in [1.29, 1.82) is 0 Å². The lowest BCUT2D eigenvalue weighted by atomic mass is 10.0. The van der Waals surface area contributed by atoms with Crippen molar-refractivity contribution in [1.82, 2.24) is 4.90 Å². The Morgan fingerprint density at radius 1 is 1.04 bits per heavy atom. The molecule has 0 aromatic heterocycles. The molecule has 0 amide bonds. The van der Waals surface area contributed by atoms with Crippen molar-refractivity contribution >= 4 is 23.0 Å². The van der Waals surface area contributed by atoms with E-state index in [0.717, 1.165) is 41.7 Å². The van der Waals surface area contributed by atoms with Crippen LogP contribution >= 0.6 is 12.2 Å². The molecular weight excluding hydrogens is 356 g/mol. The Morgan fingerprint density at radius 2 is 1.70 bits per heavy atom. The molecule has 1 aliphatic rings. The van der Waals surface area contributed by atoms with Crippen LogP contribution in [0.5, 0.6) is 11.5 Å². The zero-order chi connectivity index (χ0) is 19.6. The Bertz CT molecular complexity index is 827. The maximum atomic E-state index is 5.79. The molecule has 0 aliphatic carbocycles. The van der Waals surface area contributed by atoms with E-state index in [1.54, 1.807) is 14.2 Å². The van der Waals surface area contributed by atoms with Gasteiger partial charge < -0.3 is 19.7 Å². The monoisotopic (exact) mass is 384 g/mol. The van der Waals surface area contributed by atoms with Crippen LogP contribution in [0, 0.1) is 20.8 Å². The third-order valence-corrected chi connectivity index (χ3v) is 5.55. The van der Waals surface area contributed by atoms with Gasteiger partial charge in [0, 0.05) is 12.2 Å². The highest BCUT2D eigenvalue weighted by Gasteiger charge is 2.29. The van der Waals surface area contributed by atoms with Gasteiger partial charge >= 0.3 is 0 Å². The highest BCUT2D eigenvalue weighted by Crippen LogP contribution is 2.37. The first-order chi connectivity index (χ1) is 12.9. The number of hydrogen-bond acceptors (Lipinski definition) is 3. The summed E-state index contributed by atoms with van der Waals surface area (Å²) in [5.41, 5.74) is 6.02. The molecule has 0 saturated carbocycles. The van der Waals surface area contributed by atoms with Crippen LogP contribution in [-0.4, -0.2) is 30.8 Å². The minimum atomic E-state index is 0.246. The van der Waals surface area contributed by atoms with Crippen molar-refractivity contribution in [2.75, 3.05) is 26.1 Å². The Labute approximate surface area is 167 Å². The lowest BCUT2D eigenvalue weighted by molar-refractivity contribution is 0.351. The Hall–Kier alpha value is -2.27. The van der Waals surface area contributed by atoms with Gasteiger partial charge in [0.05, 0.1) is 20.3 Å². The third kappa shape index (κ3) is 4.03. The van der Waals surface area contributed by atoms with Crippen LogP contribution in [-0.2, 0) is 0 Å². The summed E-state index contributed by atoms with van der Waals surface area (Å²) >= 11 is 5.79. The molecule has 1 atom stereocenters. The Balaban J connectivity index is 1.83. The van der Waals surface area contributed by atoms with Crippen molar-refractivity contribution < 1.29 is 9.47 Å². The predicted molar refractivity (Wildman–Crippen MR) is 115 cm³/mol. The molecule has 0 spiro atoms. The number of methoxy groups -OCH3 is 2. The molecule has 1 aliphatic heterocycles. The van der Waals surface area contributed by atoms with Gasteiger partial charge in [-0.2, -0.15) is 0 Å². The predicted octanol–water partition coefficient (Wildman–Crippen LogP) is 5.16. The minimum absolute atomic E-state index is 0.246. The second-order valence-corrected chi connectivity index (χ2v) is 7.56. The molecule has 0 bridgehead atoms. The molecule has 2 aromatic carbocycles. The summed E-state index contributed by atoms with van der Waals surface area (Å²) in [4.78, 5) is 2.29. The van der Waals surface area contributed by atoms with Crippen molar-refractivity contribution in [2.45, 2.75) is 39.7 Å². The van der Waals surface area contributed by atoms with E-state index in [-0.39, 0.29) is 6.04 Å². The van der Waals surface area contributed by atoms with Crippen LogP contribution in [0.15, 0.2) is 30.3 Å². The number of nitrogens with zero attached hydrogens (tertiary/aromatic N) is 1. The molecule has 4 nitrogen and oxygen atoms in total. The standard InChI is InChI=1S/C22H28N2O2S/c1-14-11-15(2)21(16(3)12-14)23-22(27)24-10-6-7-18(24)17-8-9-19(25-4)20(13-17)26-5/h8-9,11-13,18H,6-7,10H2,1-5H3,(H,23,27). The average molecular weight is 385 g/mol. The highest BCUT2D eigenvalue weighted by atomic mass is 32.1. The summed E-state index contributed by atoms with van der Waals surface area (Å²) in [7, 11) is 3.33. The number of rotatable bonds is 4. The molecule has 1 N–H and O–H groups in total. The molecule has 2 aromatic rings. The zero-order valence-electron chi connectivity index (χ0n) is 16.8. The van der Waals surface area contributed by atoms with Gasteiger partial charge in [0.1, 0.15) is 0 Å². The van der Waals surface area contributed by atoms with E-state index in [0.29, 0.717) is 0 Å². The van der Waals surface area contributed by atoms with Gasteiger partial charge in [-0.15, -0.1) is 0 Å². The Kier molecular flexibility index (Phi) is 5.90. The van der Waals surface area contributed by atoms with Crippen LogP contribution in [0.2, 0.25) is 0 Å². The summed E-state index contributed by atoms with van der Waals surface area (Å²) in [5.74, 6) is 1.50. The molecule has 144 valence electrons. The molecule has 1 fully saturated rings. The summed E-state index contributed by atoms with van der Waals surface area (Å²) in [6.45, 7) is 7.33. The molecule has 1 saturated heterocycles. The lowest BCUT2D eigenvalue weighted by Crippen LogP contribution is -2.34. The molecular formula is C22H28N2O2S. The molecule has 1 unspecified atom stereocenters.